The maximum absolute atomic E-state index is 12.6. The molecule has 0 saturated carbocycles. The standard InChI is InChI=1S/C21H17ClN4O5/c1-11(27)26-17(12-3-2-4-15(28)9-12)10-16(24-26)18-19(29)23-21(31)25(20(18)30)14-7-5-13(22)6-8-14/h2-9,17,28,30H,10H2,1H3,(H,23,29,31)/t17-/m1/s1. The minimum atomic E-state index is -0.833. The van der Waals surface area contributed by atoms with Gasteiger partial charge in [-0.1, -0.05) is 23.7 Å². The Morgan fingerprint density at radius 2 is 1.87 bits per heavy atom. The van der Waals surface area contributed by atoms with E-state index in [2.05, 4.69) is 10.1 Å². The molecule has 4 rings (SSSR count). The fourth-order valence-electron chi connectivity index (χ4n) is 3.56. The Balaban J connectivity index is 1.84. The number of hydrogen-bond acceptors (Lipinski definition) is 6. The molecule has 0 saturated heterocycles. The van der Waals surface area contributed by atoms with Crippen LogP contribution in [0.1, 0.15) is 30.5 Å². The summed E-state index contributed by atoms with van der Waals surface area (Å²) in [5, 5.41) is 26.5. The molecular weight excluding hydrogens is 424 g/mol. The summed E-state index contributed by atoms with van der Waals surface area (Å²) in [7, 11) is 0. The van der Waals surface area contributed by atoms with Gasteiger partial charge in [-0.2, -0.15) is 5.10 Å². The number of carbonyl (C=O) groups excluding carboxylic acids is 1. The highest BCUT2D eigenvalue weighted by atomic mass is 35.5. The van der Waals surface area contributed by atoms with Crippen LogP contribution in [0.4, 0.5) is 0 Å². The second-order valence-electron chi connectivity index (χ2n) is 6.99. The van der Waals surface area contributed by atoms with E-state index in [0.29, 0.717) is 10.6 Å². The molecule has 0 bridgehead atoms. The van der Waals surface area contributed by atoms with E-state index in [9.17, 15) is 24.6 Å². The number of H-pyrrole nitrogens is 1. The van der Waals surface area contributed by atoms with Gasteiger partial charge in [-0.05, 0) is 42.0 Å². The number of nitrogens with zero attached hydrogens (tertiary/aromatic N) is 3. The van der Waals surface area contributed by atoms with Crippen molar-refractivity contribution in [1.29, 1.82) is 0 Å². The highest BCUT2D eigenvalue weighted by Crippen LogP contribution is 2.35. The summed E-state index contributed by atoms with van der Waals surface area (Å²) in [5.41, 5.74) is -0.855. The maximum atomic E-state index is 12.6. The lowest BCUT2D eigenvalue weighted by Gasteiger charge is -2.20. The van der Waals surface area contributed by atoms with Crippen LogP contribution in [-0.4, -0.2) is 36.4 Å². The van der Waals surface area contributed by atoms with Gasteiger partial charge in [0.05, 0.1) is 17.4 Å². The molecule has 0 aliphatic carbocycles. The van der Waals surface area contributed by atoms with Crippen molar-refractivity contribution in [2.24, 2.45) is 5.10 Å². The topological polar surface area (TPSA) is 128 Å². The molecule has 1 aliphatic heterocycles. The summed E-state index contributed by atoms with van der Waals surface area (Å²) >= 11 is 5.89. The summed E-state index contributed by atoms with van der Waals surface area (Å²) in [4.78, 5) is 39.3. The Morgan fingerprint density at radius 1 is 1.16 bits per heavy atom. The molecule has 1 aliphatic rings. The minimum Gasteiger partial charge on any atom is -0.508 e. The van der Waals surface area contributed by atoms with Gasteiger partial charge >= 0.3 is 5.69 Å². The number of phenols is 1. The van der Waals surface area contributed by atoms with Crippen LogP contribution >= 0.6 is 11.6 Å². The van der Waals surface area contributed by atoms with Gasteiger partial charge in [0.15, 0.2) is 0 Å². The summed E-state index contributed by atoms with van der Waals surface area (Å²) in [6.07, 6.45) is 0.0957. The molecule has 2 heterocycles. The molecule has 0 fully saturated rings. The zero-order chi connectivity index (χ0) is 22.3. The predicted octanol–water partition coefficient (Wildman–Crippen LogP) is 2.29. The number of carbonyl (C=O) groups is 1. The van der Waals surface area contributed by atoms with Gasteiger partial charge in [0.2, 0.25) is 11.8 Å². The molecule has 31 heavy (non-hydrogen) atoms. The number of phenolic OH excluding ortho intramolecular Hbond substituents is 1. The van der Waals surface area contributed by atoms with Crippen LogP contribution in [0, 0.1) is 0 Å². The number of nitrogens with one attached hydrogen (secondary N) is 1. The van der Waals surface area contributed by atoms with Crippen molar-refractivity contribution in [2.75, 3.05) is 0 Å². The zero-order valence-corrected chi connectivity index (χ0v) is 17.0. The summed E-state index contributed by atoms with van der Waals surface area (Å²) < 4.78 is 0.926. The Labute approximate surface area is 180 Å². The SMILES string of the molecule is CC(=O)N1N=C(c2c(O)n(-c3ccc(Cl)cc3)c(=O)[nH]c2=O)C[C@@H]1c1cccc(O)c1. The van der Waals surface area contributed by atoms with E-state index in [1.54, 1.807) is 12.1 Å². The first-order valence-corrected chi connectivity index (χ1v) is 9.65. The van der Waals surface area contributed by atoms with E-state index in [4.69, 9.17) is 11.6 Å². The number of aromatic amines is 1. The largest absolute Gasteiger partial charge is 0.508 e. The molecule has 3 N–H and O–H groups in total. The van der Waals surface area contributed by atoms with Gasteiger partial charge in [-0.15, -0.1) is 0 Å². The lowest BCUT2D eigenvalue weighted by Crippen LogP contribution is -2.33. The van der Waals surface area contributed by atoms with Crippen LogP contribution in [0.5, 0.6) is 11.6 Å². The lowest BCUT2D eigenvalue weighted by molar-refractivity contribution is -0.130. The number of hydrogen-bond donors (Lipinski definition) is 3. The molecule has 158 valence electrons. The van der Waals surface area contributed by atoms with Crippen LogP contribution in [0.3, 0.4) is 0 Å². The van der Waals surface area contributed by atoms with Crippen LogP contribution in [0.25, 0.3) is 5.69 Å². The molecule has 1 amide bonds. The third-order valence-electron chi connectivity index (χ3n) is 4.95. The summed E-state index contributed by atoms with van der Waals surface area (Å²) in [5.74, 6) is -0.966. The molecule has 0 unspecified atom stereocenters. The fraction of sp³-hybridized carbons (Fsp3) is 0.143. The molecular formula is C21H17ClN4O5. The second-order valence-corrected chi connectivity index (χ2v) is 7.43. The van der Waals surface area contributed by atoms with Crippen molar-refractivity contribution in [3.63, 3.8) is 0 Å². The Bertz CT molecular complexity index is 1330. The second kappa shape index (κ2) is 7.77. The number of halogens is 1. The van der Waals surface area contributed by atoms with Gasteiger partial charge in [-0.25, -0.2) is 14.4 Å². The van der Waals surface area contributed by atoms with Gasteiger partial charge in [0.1, 0.15) is 11.3 Å². The maximum Gasteiger partial charge on any atom is 0.335 e. The molecule has 10 heteroatoms. The molecule has 1 aromatic heterocycles. The number of rotatable bonds is 3. The van der Waals surface area contributed by atoms with Crippen LogP contribution in [-0.2, 0) is 4.79 Å². The average molecular weight is 441 g/mol. The van der Waals surface area contributed by atoms with Crippen molar-refractivity contribution in [3.8, 4) is 17.3 Å². The smallest absolute Gasteiger partial charge is 0.335 e. The minimum absolute atomic E-state index is 0.0198. The Morgan fingerprint density at radius 3 is 2.52 bits per heavy atom. The Hall–Kier alpha value is -3.85. The quantitative estimate of drug-likeness (QED) is 0.575. The highest BCUT2D eigenvalue weighted by molar-refractivity contribution is 6.30. The number of aromatic hydroxyl groups is 2. The first kappa shape index (κ1) is 20.4. The van der Waals surface area contributed by atoms with E-state index in [1.165, 1.54) is 48.3 Å². The van der Waals surface area contributed by atoms with Crippen molar-refractivity contribution in [1.82, 2.24) is 14.6 Å². The van der Waals surface area contributed by atoms with Gasteiger partial charge in [0.25, 0.3) is 5.56 Å². The van der Waals surface area contributed by atoms with E-state index < -0.39 is 23.2 Å². The van der Waals surface area contributed by atoms with E-state index >= 15 is 0 Å². The summed E-state index contributed by atoms with van der Waals surface area (Å²) in [6, 6.07) is 11.9. The number of benzene rings is 2. The number of amides is 1. The van der Waals surface area contributed by atoms with E-state index in [1.807, 2.05) is 0 Å². The fourth-order valence-corrected chi connectivity index (χ4v) is 3.68. The van der Waals surface area contributed by atoms with Crippen LogP contribution < -0.4 is 11.2 Å². The van der Waals surface area contributed by atoms with Gasteiger partial charge in [-0.3, -0.25) is 14.6 Å². The molecule has 0 spiro atoms. The molecule has 0 radical (unpaired) electrons. The van der Waals surface area contributed by atoms with Crippen molar-refractivity contribution < 1.29 is 15.0 Å². The van der Waals surface area contributed by atoms with Crippen molar-refractivity contribution in [2.45, 2.75) is 19.4 Å². The predicted molar refractivity (Wildman–Crippen MR) is 114 cm³/mol. The zero-order valence-electron chi connectivity index (χ0n) is 16.2. The number of hydrazone groups is 1. The van der Waals surface area contributed by atoms with Crippen molar-refractivity contribution in [3.05, 3.63) is 85.5 Å². The number of aromatic nitrogens is 2. The highest BCUT2D eigenvalue weighted by Gasteiger charge is 2.34. The third-order valence-corrected chi connectivity index (χ3v) is 5.20. The molecule has 3 aromatic rings. The van der Waals surface area contributed by atoms with E-state index in [-0.39, 0.29) is 35.0 Å². The normalized spacial score (nSPS) is 15.7. The van der Waals surface area contributed by atoms with Crippen LogP contribution in [0.2, 0.25) is 5.02 Å². The van der Waals surface area contributed by atoms with Crippen molar-refractivity contribution >= 4 is 23.2 Å². The first-order valence-electron chi connectivity index (χ1n) is 9.27. The van der Waals surface area contributed by atoms with E-state index in [0.717, 1.165) is 4.57 Å². The molecule has 2 aromatic carbocycles. The molecule has 9 nitrogen and oxygen atoms in total. The lowest BCUT2D eigenvalue weighted by atomic mass is 9.99. The third kappa shape index (κ3) is 3.71. The summed E-state index contributed by atoms with van der Waals surface area (Å²) in [6.45, 7) is 1.32. The van der Waals surface area contributed by atoms with Gasteiger partial charge < -0.3 is 10.2 Å². The van der Waals surface area contributed by atoms with Crippen LogP contribution in [0.15, 0.2) is 63.2 Å². The van der Waals surface area contributed by atoms with Gasteiger partial charge in [0, 0.05) is 18.4 Å². The monoisotopic (exact) mass is 440 g/mol. The first-order chi connectivity index (χ1) is 14.8. The average Bonchev–Trinajstić information content (AvgIpc) is 3.14. The molecule has 1 atom stereocenters. The Kier molecular flexibility index (Phi) is 5.12.